The zero-order valence-electron chi connectivity index (χ0n) is 12.7. The number of carbonyl (C=O) groups excluding carboxylic acids is 2. The molecule has 1 saturated heterocycles. The van der Waals surface area contributed by atoms with E-state index in [1.54, 1.807) is 18.0 Å². The van der Waals surface area contributed by atoms with Crippen LogP contribution in [0.25, 0.3) is 0 Å². The van der Waals surface area contributed by atoms with Gasteiger partial charge in [-0.15, -0.1) is 0 Å². The van der Waals surface area contributed by atoms with Crippen LogP contribution in [0, 0.1) is 0 Å². The molecule has 0 radical (unpaired) electrons. The summed E-state index contributed by atoms with van der Waals surface area (Å²) in [6, 6.07) is 3.75. The number of carbonyl (C=O) groups is 2. The van der Waals surface area contributed by atoms with E-state index in [4.69, 9.17) is 4.74 Å². The molecule has 1 aromatic heterocycles. The summed E-state index contributed by atoms with van der Waals surface area (Å²) in [7, 11) is 0. The van der Waals surface area contributed by atoms with Crippen LogP contribution in [0.3, 0.4) is 0 Å². The van der Waals surface area contributed by atoms with Crippen LogP contribution in [0.4, 0.5) is 10.6 Å². The van der Waals surface area contributed by atoms with Crippen molar-refractivity contribution in [1.29, 1.82) is 0 Å². The highest BCUT2D eigenvalue weighted by atomic mass is 16.6. The van der Waals surface area contributed by atoms with Crippen LogP contribution in [0.5, 0.6) is 0 Å². The molecule has 21 heavy (non-hydrogen) atoms. The van der Waals surface area contributed by atoms with E-state index in [1.807, 2.05) is 26.0 Å². The minimum Gasteiger partial charge on any atom is -0.437 e. The molecular weight excluding hydrogens is 270 g/mol. The molecule has 114 valence electrons. The molecule has 1 fully saturated rings. The van der Waals surface area contributed by atoms with Crippen molar-refractivity contribution >= 4 is 17.8 Å². The zero-order valence-corrected chi connectivity index (χ0v) is 12.7. The maximum Gasteiger partial charge on any atom is 0.413 e. The molecule has 0 unspecified atom stereocenters. The van der Waals surface area contributed by atoms with Crippen LogP contribution in [0.15, 0.2) is 18.3 Å². The number of nitrogens with one attached hydrogen (secondary N) is 1. The molecule has 0 aliphatic carbocycles. The number of rotatable bonds is 0. The highest BCUT2D eigenvalue weighted by Crippen LogP contribution is 2.42. The number of likely N-dealkylation sites (tertiary alicyclic amines) is 1. The minimum atomic E-state index is -0.641. The fourth-order valence-electron chi connectivity index (χ4n) is 2.78. The number of fused-ring (bicyclic) bond motifs is 2. The Morgan fingerprint density at radius 3 is 2.67 bits per heavy atom. The van der Waals surface area contributed by atoms with Gasteiger partial charge in [0.1, 0.15) is 11.4 Å². The largest absolute Gasteiger partial charge is 0.437 e. The van der Waals surface area contributed by atoms with Gasteiger partial charge in [0.2, 0.25) is 5.91 Å². The smallest absolute Gasteiger partial charge is 0.413 e. The maximum absolute atomic E-state index is 11.7. The predicted molar refractivity (Wildman–Crippen MR) is 78.9 cm³/mol. The molecule has 2 amide bonds. The summed E-state index contributed by atoms with van der Waals surface area (Å²) in [5, 5.41) is 2.61. The van der Waals surface area contributed by atoms with Crippen molar-refractivity contribution in [3.63, 3.8) is 0 Å². The normalized spacial score (nSPS) is 18.8. The van der Waals surface area contributed by atoms with Gasteiger partial charge in [0, 0.05) is 44.6 Å². The lowest BCUT2D eigenvalue weighted by Gasteiger charge is -2.43. The summed E-state index contributed by atoms with van der Waals surface area (Å²) in [6.07, 6.45) is 2.39. The van der Waals surface area contributed by atoms with Gasteiger partial charge >= 0.3 is 6.09 Å². The van der Waals surface area contributed by atoms with Crippen molar-refractivity contribution < 1.29 is 14.3 Å². The van der Waals surface area contributed by atoms with Gasteiger partial charge in [0.25, 0.3) is 0 Å². The van der Waals surface area contributed by atoms with E-state index in [1.165, 1.54) is 0 Å². The Hall–Kier alpha value is -2.11. The fourth-order valence-corrected chi connectivity index (χ4v) is 2.78. The van der Waals surface area contributed by atoms with Crippen molar-refractivity contribution in [2.45, 2.75) is 39.2 Å². The first kappa shape index (κ1) is 15.3. The third kappa shape index (κ3) is 2.84. The molecule has 6 nitrogen and oxygen atoms in total. The lowest BCUT2D eigenvalue weighted by atomic mass is 9.83. The number of piperidine rings is 1. The van der Waals surface area contributed by atoms with Gasteiger partial charge in [0.05, 0.1) is 0 Å². The molecule has 6 heteroatoms. The van der Waals surface area contributed by atoms with Crippen molar-refractivity contribution in [2.24, 2.45) is 0 Å². The standard InChI is InChI=1S/C13H15N3O3.C2H6/c1-9(17)16-7-4-13(5-8-16)10-3-2-6-14-11(10)15-12(18)19-13;1-2/h2-3,6H,4-5,7-8H2,1H3,(H,14,15,18);1-2H3. The number of hydrogen-bond acceptors (Lipinski definition) is 4. The maximum atomic E-state index is 11.7. The van der Waals surface area contributed by atoms with Crippen molar-refractivity contribution in [3.8, 4) is 0 Å². The average Bonchev–Trinajstić information content (AvgIpc) is 2.49. The third-order valence-corrected chi connectivity index (χ3v) is 3.82. The molecule has 1 aromatic rings. The second-order valence-corrected chi connectivity index (χ2v) is 4.91. The van der Waals surface area contributed by atoms with Crippen LogP contribution >= 0.6 is 0 Å². The van der Waals surface area contributed by atoms with E-state index >= 15 is 0 Å². The third-order valence-electron chi connectivity index (χ3n) is 3.82. The molecule has 3 rings (SSSR count). The summed E-state index contributed by atoms with van der Waals surface area (Å²) >= 11 is 0. The Morgan fingerprint density at radius 1 is 1.38 bits per heavy atom. The van der Waals surface area contributed by atoms with E-state index in [9.17, 15) is 9.59 Å². The van der Waals surface area contributed by atoms with Crippen LogP contribution in [-0.2, 0) is 15.1 Å². The van der Waals surface area contributed by atoms with Crippen molar-refractivity contribution in [1.82, 2.24) is 9.88 Å². The average molecular weight is 291 g/mol. The second-order valence-electron chi connectivity index (χ2n) is 4.91. The fraction of sp³-hybridized carbons (Fsp3) is 0.533. The molecule has 2 aliphatic rings. The topological polar surface area (TPSA) is 71.5 Å². The molecule has 0 saturated carbocycles. The van der Waals surface area contributed by atoms with Crippen molar-refractivity contribution in [2.75, 3.05) is 18.4 Å². The van der Waals surface area contributed by atoms with E-state index in [0.29, 0.717) is 31.7 Å². The molecule has 1 spiro atoms. The number of amides is 2. The second kappa shape index (κ2) is 6.11. The lowest BCUT2D eigenvalue weighted by molar-refractivity contribution is -0.133. The van der Waals surface area contributed by atoms with Gasteiger partial charge < -0.3 is 9.64 Å². The molecule has 0 atom stereocenters. The summed E-state index contributed by atoms with van der Waals surface area (Å²) in [6.45, 7) is 6.75. The van der Waals surface area contributed by atoms with Gasteiger partial charge in [-0.3, -0.25) is 10.1 Å². The summed E-state index contributed by atoms with van der Waals surface area (Å²) < 4.78 is 5.54. The monoisotopic (exact) mass is 291 g/mol. The van der Waals surface area contributed by atoms with E-state index in [0.717, 1.165) is 5.56 Å². The van der Waals surface area contributed by atoms with Crippen molar-refractivity contribution in [3.05, 3.63) is 23.9 Å². The number of anilines is 1. The Morgan fingerprint density at radius 2 is 2.05 bits per heavy atom. The molecule has 0 bridgehead atoms. The molecular formula is C15H21N3O3. The van der Waals surface area contributed by atoms with Crippen LogP contribution in [-0.4, -0.2) is 35.0 Å². The zero-order chi connectivity index (χ0) is 15.5. The van der Waals surface area contributed by atoms with E-state index in [2.05, 4.69) is 10.3 Å². The molecule has 3 heterocycles. The van der Waals surface area contributed by atoms with Gasteiger partial charge in [-0.1, -0.05) is 13.8 Å². The quantitative estimate of drug-likeness (QED) is 0.797. The van der Waals surface area contributed by atoms with Crippen LogP contribution in [0.2, 0.25) is 0 Å². The Labute approximate surface area is 124 Å². The van der Waals surface area contributed by atoms with Gasteiger partial charge in [0.15, 0.2) is 0 Å². The molecule has 2 aliphatic heterocycles. The summed E-state index contributed by atoms with van der Waals surface area (Å²) in [5.41, 5.74) is 0.260. The highest BCUT2D eigenvalue weighted by molar-refractivity contribution is 5.87. The van der Waals surface area contributed by atoms with Gasteiger partial charge in [-0.05, 0) is 12.1 Å². The summed E-state index contributed by atoms with van der Waals surface area (Å²) in [4.78, 5) is 29.0. The van der Waals surface area contributed by atoms with Crippen LogP contribution < -0.4 is 5.32 Å². The number of pyridine rings is 1. The van der Waals surface area contributed by atoms with Crippen LogP contribution in [0.1, 0.15) is 39.2 Å². The van der Waals surface area contributed by atoms with E-state index in [-0.39, 0.29) is 5.91 Å². The van der Waals surface area contributed by atoms with Gasteiger partial charge in [-0.2, -0.15) is 0 Å². The predicted octanol–water partition coefficient (Wildman–Crippen LogP) is 2.51. The molecule has 0 aromatic carbocycles. The number of aromatic nitrogens is 1. The first-order valence-electron chi connectivity index (χ1n) is 7.32. The minimum absolute atomic E-state index is 0.0570. The first-order valence-corrected chi connectivity index (χ1v) is 7.32. The molecule has 1 N–H and O–H groups in total. The van der Waals surface area contributed by atoms with E-state index < -0.39 is 11.7 Å². The lowest BCUT2D eigenvalue weighted by Crippen LogP contribution is -2.49. The SMILES string of the molecule is CC.CC(=O)N1CCC2(CC1)OC(=O)Nc1ncccc12. The Bertz CT molecular complexity index is 537. The van der Waals surface area contributed by atoms with Gasteiger partial charge in [-0.25, -0.2) is 9.78 Å². The number of ether oxygens (including phenoxy) is 1. The number of nitrogens with zero attached hydrogens (tertiary/aromatic N) is 2. The summed E-state index contributed by atoms with van der Waals surface area (Å²) in [5.74, 6) is 0.622. The first-order chi connectivity index (χ1) is 10.1. The Balaban J connectivity index is 0.000000774. The Kier molecular flexibility index (Phi) is 4.45. The highest BCUT2D eigenvalue weighted by Gasteiger charge is 2.45. The number of hydrogen-bond donors (Lipinski definition) is 1.